The number of carbonyl (C=O) groups is 1. The Hall–Kier alpha value is -1.82. The fourth-order valence-corrected chi connectivity index (χ4v) is 3.54. The SMILES string of the molecule is CCOC1CCCN(C(=O)Nc2cccnc2N2CCCCC2)C1. The van der Waals surface area contributed by atoms with Crippen molar-refractivity contribution in [3.8, 4) is 0 Å². The molecule has 3 rings (SSSR count). The number of anilines is 2. The normalized spacial score (nSPS) is 21.6. The van der Waals surface area contributed by atoms with Gasteiger partial charge in [0.1, 0.15) is 0 Å². The summed E-state index contributed by atoms with van der Waals surface area (Å²) in [5.41, 5.74) is 0.808. The summed E-state index contributed by atoms with van der Waals surface area (Å²) < 4.78 is 5.69. The zero-order chi connectivity index (χ0) is 16.8. The van der Waals surface area contributed by atoms with Gasteiger partial charge in [0.15, 0.2) is 5.82 Å². The molecule has 1 N–H and O–H groups in total. The summed E-state index contributed by atoms with van der Waals surface area (Å²) in [5.74, 6) is 0.893. The topological polar surface area (TPSA) is 57.7 Å². The molecule has 1 aromatic rings. The van der Waals surface area contributed by atoms with Crippen molar-refractivity contribution in [1.29, 1.82) is 0 Å². The Morgan fingerprint density at radius 2 is 2.12 bits per heavy atom. The van der Waals surface area contributed by atoms with Gasteiger partial charge in [0.05, 0.1) is 11.8 Å². The van der Waals surface area contributed by atoms with E-state index in [0.29, 0.717) is 13.2 Å². The van der Waals surface area contributed by atoms with Crippen LogP contribution in [0.4, 0.5) is 16.3 Å². The van der Waals surface area contributed by atoms with Crippen LogP contribution in [0, 0.1) is 0 Å². The first kappa shape index (κ1) is 17.0. The Kier molecular flexibility index (Phi) is 5.91. The molecule has 6 heteroatoms. The van der Waals surface area contributed by atoms with E-state index in [2.05, 4.69) is 15.2 Å². The summed E-state index contributed by atoms with van der Waals surface area (Å²) in [7, 11) is 0. The number of hydrogen-bond acceptors (Lipinski definition) is 4. The van der Waals surface area contributed by atoms with E-state index in [1.54, 1.807) is 6.20 Å². The fourth-order valence-electron chi connectivity index (χ4n) is 3.54. The molecule has 0 spiro atoms. The zero-order valence-electron chi connectivity index (χ0n) is 14.5. The Morgan fingerprint density at radius 1 is 1.29 bits per heavy atom. The minimum atomic E-state index is -0.0503. The molecule has 0 bridgehead atoms. The molecule has 2 saturated heterocycles. The molecule has 2 amide bonds. The predicted octanol–water partition coefficient (Wildman–Crippen LogP) is 3.10. The van der Waals surface area contributed by atoms with E-state index >= 15 is 0 Å². The molecule has 0 saturated carbocycles. The lowest BCUT2D eigenvalue weighted by Gasteiger charge is -2.33. The second-order valence-electron chi connectivity index (χ2n) is 6.52. The summed E-state index contributed by atoms with van der Waals surface area (Å²) >= 11 is 0. The smallest absolute Gasteiger partial charge is 0.322 e. The monoisotopic (exact) mass is 332 g/mol. The largest absolute Gasteiger partial charge is 0.377 e. The van der Waals surface area contributed by atoms with Crippen molar-refractivity contribution >= 4 is 17.5 Å². The van der Waals surface area contributed by atoms with Crippen molar-refractivity contribution in [2.75, 3.05) is 43.0 Å². The van der Waals surface area contributed by atoms with Crippen LogP contribution in [-0.2, 0) is 4.74 Å². The minimum Gasteiger partial charge on any atom is -0.377 e. The number of hydrogen-bond donors (Lipinski definition) is 1. The molecule has 1 aromatic heterocycles. The number of ether oxygens (including phenoxy) is 1. The van der Waals surface area contributed by atoms with Crippen LogP contribution in [0.1, 0.15) is 39.0 Å². The molecule has 1 atom stereocenters. The van der Waals surface area contributed by atoms with Crippen molar-refractivity contribution in [2.24, 2.45) is 0 Å². The molecule has 2 aliphatic heterocycles. The van der Waals surface area contributed by atoms with Gasteiger partial charge in [-0.15, -0.1) is 0 Å². The lowest BCUT2D eigenvalue weighted by molar-refractivity contribution is 0.0181. The van der Waals surface area contributed by atoms with Gasteiger partial charge in [0.2, 0.25) is 0 Å². The van der Waals surface area contributed by atoms with E-state index in [-0.39, 0.29) is 12.1 Å². The highest BCUT2D eigenvalue weighted by atomic mass is 16.5. The number of nitrogens with zero attached hydrogens (tertiary/aromatic N) is 3. The standard InChI is InChI=1S/C18H28N4O2/c1-2-24-15-8-7-13-22(14-15)18(23)20-16-9-6-10-19-17(16)21-11-4-3-5-12-21/h6,9-10,15H,2-5,7-8,11-14H2,1H3,(H,20,23). The van der Waals surface area contributed by atoms with E-state index < -0.39 is 0 Å². The van der Waals surface area contributed by atoms with E-state index in [0.717, 1.165) is 44.0 Å². The lowest BCUT2D eigenvalue weighted by atomic mass is 10.1. The third kappa shape index (κ3) is 4.17. The molecule has 2 fully saturated rings. The van der Waals surface area contributed by atoms with E-state index in [1.165, 1.54) is 19.3 Å². The lowest BCUT2D eigenvalue weighted by Crippen LogP contribution is -2.45. The first-order valence-corrected chi connectivity index (χ1v) is 9.15. The van der Waals surface area contributed by atoms with Crippen molar-refractivity contribution in [2.45, 2.75) is 45.1 Å². The summed E-state index contributed by atoms with van der Waals surface area (Å²) in [6, 6.07) is 3.77. The maximum atomic E-state index is 12.7. The second kappa shape index (κ2) is 8.33. The number of amides is 2. The van der Waals surface area contributed by atoms with E-state index in [9.17, 15) is 4.79 Å². The molecule has 6 nitrogen and oxygen atoms in total. The third-order valence-electron chi connectivity index (χ3n) is 4.75. The average Bonchev–Trinajstić information content (AvgIpc) is 2.63. The molecule has 0 aromatic carbocycles. The van der Waals surface area contributed by atoms with Gasteiger partial charge >= 0.3 is 6.03 Å². The van der Waals surface area contributed by atoms with Crippen LogP contribution in [0.3, 0.4) is 0 Å². The number of likely N-dealkylation sites (tertiary alicyclic amines) is 1. The first-order chi connectivity index (χ1) is 11.8. The summed E-state index contributed by atoms with van der Waals surface area (Å²) in [6.45, 7) is 6.17. The average molecular weight is 332 g/mol. The second-order valence-corrected chi connectivity index (χ2v) is 6.52. The van der Waals surface area contributed by atoms with Gasteiger partial charge in [-0.05, 0) is 51.2 Å². The number of aromatic nitrogens is 1. The fraction of sp³-hybridized carbons (Fsp3) is 0.667. The first-order valence-electron chi connectivity index (χ1n) is 9.15. The molecule has 2 aliphatic rings. The van der Waals surface area contributed by atoms with Gasteiger partial charge in [-0.1, -0.05) is 0 Å². The number of nitrogens with one attached hydrogen (secondary N) is 1. The van der Waals surface area contributed by atoms with Crippen LogP contribution in [0.15, 0.2) is 18.3 Å². The molecule has 132 valence electrons. The summed E-state index contributed by atoms with van der Waals surface area (Å²) in [4.78, 5) is 21.3. The zero-order valence-corrected chi connectivity index (χ0v) is 14.5. The minimum absolute atomic E-state index is 0.0503. The van der Waals surface area contributed by atoms with Crippen LogP contribution in [0.5, 0.6) is 0 Å². The van der Waals surface area contributed by atoms with Gasteiger partial charge in [0.25, 0.3) is 0 Å². The van der Waals surface area contributed by atoms with Crippen molar-refractivity contribution in [1.82, 2.24) is 9.88 Å². The number of pyridine rings is 1. The van der Waals surface area contributed by atoms with Gasteiger partial charge < -0.3 is 19.9 Å². The van der Waals surface area contributed by atoms with Crippen LogP contribution in [0.2, 0.25) is 0 Å². The van der Waals surface area contributed by atoms with Crippen LogP contribution < -0.4 is 10.2 Å². The Balaban J connectivity index is 1.65. The van der Waals surface area contributed by atoms with Crippen LogP contribution in [-0.4, -0.2) is 54.8 Å². The molecular formula is C18H28N4O2. The van der Waals surface area contributed by atoms with E-state index in [1.807, 2.05) is 24.0 Å². The number of rotatable bonds is 4. The highest BCUT2D eigenvalue weighted by Gasteiger charge is 2.25. The van der Waals surface area contributed by atoms with Crippen LogP contribution in [0.25, 0.3) is 0 Å². The predicted molar refractivity (Wildman–Crippen MR) is 95.5 cm³/mol. The summed E-state index contributed by atoms with van der Waals surface area (Å²) in [5, 5.41) is 3.07. The molecule has 0 radical (unpaired) electrons. The third-order valence-corrected chi connectivity index (χ3v) is 4.75. The van der Waals surface area contributed by atoms with Crippen molar-refractivity contribution in [3.63, 3.8) is 0 Å². The quantitative estimate of drug-likeness (QED) is 0.920. The molecule has 1 unspecified atom stereocenters. The molecule has 3 heterocycles. The van der Waals surface area contributed by atoms with E-state index in [4.69, 9.17) is 4.74 Å². The maximum absolute atomic E-state index is 12.7. The number of urea groups is 1. The van der Waals surface area contributed by atoms with Crippen molar-refractivity contribution in [3.05, 3.63) is 18.3 Å². The molecule has 24 heavy (non-hydrogen) atoms. The Labute approximate surface area is 144 Å². The summed E-state index contributed by atoms with van der Waals surface area (Å²) in [6.07, 6.45) is 7.62. The van der Waals surface area contributed by atoms with Gasteiger partial charge in [-0.2, -0.15) is 0 Å². The molecular weight excluding hydrogens is 304 g/mol. The highest BCUT2D eigenvalue weighted by Crippen LogP contribution is 2.26. The number of carbonyl (C=O) groups excluding carboxylic acids is 1. The Morgan fingerprint density at radius 3 is 2.92 bits per heavy atom. The van der Waals surface area contributed by atoms with Gasteiger partial charge in [0, 0.05) is 39.0 Å². The Bertz CT molecular complexity index is 544. The van der Waals surface area contributed by atoms with Crippen LogP contribution >= 0.6 is 0 Å². The van der Waals surface area contributed by atoms with Gasteiger partial charge in [-0.25, -0.2) is 9.78 Å². The van der Waals surface area contributed by atoms with Gasteiger partial charge in [-0.3, -0.25) is 0 Å². The highest BCUT2D eigenvalue weighted by molar-refractivity contribution is 5.92. The molecule has 0 aliphatic carbocycles. The number of piperidine rings is 2. The maximum Gasteiger partial charge on any atom is 0.322 e. The van der Waals surface area contributed by atoms with Crippen molar-refractivity contribution < 1.29 is 9.53 Å².